The Bertz CT molecular complexity index is 274. The quantitative estimate of drug-likeness (QED) is 0.829. The molecule has 1 rings (SSSR count). The fourth-order valence-electron chi connectivity index (χ4n) is 1.04. The maximum atomic E-state index is 9.85. The molecule has 0 heterocycles. The molecule has 0 saturated carbocycles. The molecule has 1 atom stereocenters. The summed E-state index contributed by atoms with van der Waals surface area (Å²) in [6, 6.07) is 7.84. The number of aliphatic hydroxyl groups is 1. The molecule has 72 valence electrons. The maximum absolute atomic E-state index is 9.85. The number of benzene rings is 1. The fourth-order valence-corrected chi connectivity index (χ4v) is 1.57. The third kappa shape index (κ3) is 3.08. The first kappa shape index (κ1) is 11.2. The Morgan fingerprint density at radius 1 is 1.23 bits per heavy atom. The first-order valence-electron chi connectivity index (χ1n) is 4.03. The van der Waals surface area contributed by atoms with E-state index in [1.54, 1.807) is 0 Å². The van der Waals surface area contributed by atoms with Crippen LogP contribution in [0.1, 0.15) is 24.2 Å². The average Bonchev–Trinajstić information content (AvgIpc) is 2.03. The number of aliphatic hydroxyl groups excluding tert-OH is 1. The van der Waals surface area contributed by atoms with Gasteiger partial charge in [-0.15, -0.1) is 0 Å². The number of halogens is 2. The average molecular weight is 308 g/mol. The Balaban J connectivity index is 2.90. The molecule has 0 radical (unpaired) electrons. The second-order valence-corrected chi connectivity index (χ2v) is 7.63. The van der Waals surface area contributed by atoms with E-state index in [0.29, 0.717) is 0 Å². The molecule has 0 amide bonds. The minimum absolute atomic E-state index is 0.463. The van der Waals surface area contributed by atoms with Crippen LogP contribution in [0.4, 0.5) is 0 Å². The molecule has 1 unspecified atom stereocenters. The molecule has 0 aliphatic carbocycles. The highest BCUT2D eigenvalue weighted by atomic mass is 79.9. The van der Waals surface area contributed by atoms with E-state index in [9.17, 15) is 5.11 Å². The fraction of sp³-hybridized carbons (Fsp3) is 0.400. The van der Waals surface area contributed by atoms with Gasteiger partial charge in [-0.05, 0) is 19.4 Å². The molecule has 1 aromatic carbocycles. The summed E-state index contributed by atoms with van der Waals surface area (Å²) in [5.74, 6) is 0. The Hall–Kier alpha value is 0.140. The standard InChI is InChI=1S/C10H12Br2O/c1-7-3-5-8(6-4-7)9(13)10(2,11)12/h3-6,9,13H,1-2H3. The molecule has 0 aliphatic rings. The van der Waals surface area contributed by atoms with E-state index in [0.717, 1.165) is 5.56 Å². The summed E-state index contributed by atoms with van der Waals surface area (Å²) in [7, 11) is 0. The van der Waals surface area contributed by atoms with Crippen molar-refractivity contribution in [3.63, 3.8) is 0 Å². The molecule has 0 saturated heterocycles. The molecule has 3 heteroatoms. The summed E-state index contributed by atoms with van der Waals surface area (Å²) >= 11 is 6.73. The van der Waals surface area contributed by atoms with E-state index in [1.807, 2.05) is 38.1 Å². The van der Waals surface area contributed by atoms with Crippen LogP contribution in [0.3, 0.4) is 0 Å². The molecule has 0 aliphatic heterocycles. The third-order valence-electron chi connectivity index (χ3n) is 1.87. The first-order chi connectivity index (χ1) is 5.91. The number of rotatable bonds is 2. The van der Waals surface area contributed by atoms with Gasteiger partial charge in [0.25, 0.3) is 0 Å². The number of hydrogen-bond acceptors (Lipinski definition) is 1. The molecule has 1 aromatic rings. The van der Waals surface area contributed by atoms with E-state index in [-0.39, 0.29) is 0 Å². The SMILES string of the molecule is Cc1ccc(C(O)C(C)(Br)Br)cc1. The summed E-state index contributed by atoms with van der Waals surface area (Å²) in [4.78, 5) is 0. The van der Waals surface area contributed by atoms with Gasteiger partial charge in [0.1, 0.15) is 9.34 Å². The van der Waals surface area contributed by atoms with E-state index in [1.165, 1.54) is 5.56 Å². The van der Waals surface area contributed by atoms with E-state index >= 15 is 0 Å². The Labute approximate surface area is 95.4 Å². The summed E-state index contributed by atoms with van der Waals surface area (Å²) in [5.41, 5.74) is 2.10. The second-order valence-electron chi connectivity index (χ2n) is 3.27. The minimum atomic E-state index is -0.548. The summed E-state index contributed by atoms with van der Waals surface area (Å²) in [5, 5.41) is 9.85. The lowest BCUT2D eigenvalue weighted by atomic mass is 10.1. The smallest absolute Gasteiger partial charge is 0.108 e. The molecule has 0 fully saturated rings. The van der Waals surface area contributed by atoms with Crippen molar-refractivity contribution in [1.82, 2.24) is 0 Å². The van der Waals surface area contributed by atoms with E-state index in [4.69, 9.17) is 0 Å². The molecule has 0 spiro atoms. The van der Waals surface area contributed by atoms with Gasteiger partial charge in [-0.1, -0.05) is 61.7 Å². The molecule has 1 N–H and O–H groups in total. The number of alkyl halides is 2. The van der Waals surface area contributed by atoms with Crippen LogP contribution >= 0.6 is 31.9 Å². The van der Waals surface area contributed by atoms with Crippen molar-refractivity contribution in [3.8, 4) is 0 Å². The van der Waals surface area contributed by atoms with Crippen LogP contribution in [-0.2, 0) is 0 Å². The van der Waals surface area contributed by atoms with Gasteiger partial charge in [0, 0.05) is 0 Å². The monoisotopic (exact) mass is 306 g/mol. The predicted octanol–water partition coefficient (Wildman–Crippen LogP) is 3.53. The topological polar surface area (TPSA) is 20.2 Å². The van der Waals surface area contributed by atoms with E-state index < -0.39 is 9.34 Å². The van der Waals surface area contributed by atoms with Crippen molar-refractivity contribution < 1.29 is 5.11 Å². The van der Waals surface area contributed by atoms with Crippen molar-refractivity contribution in [2.45, 2.75) is 23.2 Å². The molecule has 13 heavy (non-hydrogen) atoms. The van der Waals surface area contributed by atoms with Gasteiger partial charge < -0.3 is 5.11 Å². The van der Waals surface area contributed by atoms with Crippen molar-refractivity contribution in [1.29, 1.82) is 0 Å². The molecular formula is C10H12Br2O. The van der Waals surface area contributed by atoms with Crippen molar-refractivity contribution >= 4 is 31.9 Å². The lowest BCUT2D eigenvalue weighted by Crippen LogP contribution is -2.17. The number of hydrogen-bond donors (Lipinski definition) is 1. The zero-order valence-electron chi connectivity index (χ0n) is 7.59. The van der Waals surface area contributed by atoms with Gasteiger partial charge in [0.15, 0.2) is 0 Å². The van der Waals surface area contributed by atoms with E-state index in [2.05, 4.69) is 31.9 Å². The second kappa shape index (κ2) is 4.11. The van der Waals surface area contributed by atoms with Gasteiger partial charge in [0.2, 0.25) is 0 Å². The van der Waals surface area contributed by atoms with Gasteiger partial charge in [0.05, 0.1) is 0 Å². The van der Waals surface area contributed by atoms with Crippen LogP contribution in [0, 0.1) is 6.92 Å². The third-order valence-corrected chi connectivity index (χ3v) is 2.74. The zero-order chi connectivity index (χ0) is 10.1. The van der Waals surface area contributed by atoms with Gasteiger partial charge in [-0.3, -0.25) is 0 Å². The largest absolute Gasteiger partial charge is 0.386 e. The maximum Gasteiger partial charge on any atom is 0.108 e. The molecule has 0 aromatic heterocycles. The van der Waals surface area contributed by atoms with Gasteiger partial charge >= 0.3 is 0 Å². The summed E-state index contributed by atoms with van der Waals surface area (Å²) < 4.78 is -0.463. The highest BCUT2D eigenvalue weighted by molar-refractivity contribution is 9.25. The van der Waals surface area contributed by atoms with Crippen LogP contribution in [-0.4, -0.2) is 8.34 Å². The normalized spacial score (nSPS) is 14.2. The van der Waals surface area contributed by atoms with Crippen molar-refractivity contribution in [2.24, 2.45) is 0 Å². The molecular weight excluding hydrogens is 296 g/mol. The van der Waals surface area contributed by atoms with Crippen LogP contribution in [0.5, 0.6) is 0 Å². The molecule has 0 bridgehead atoms. The summed E-state index contributed by atoms with van der Waals surface area (Å²) in [6.07, 6.45) is -0.548. The highest BCUT2D eigenvalue weighted by Crippen LogP contribution is 2.38. The lowest BCUT2D eigenvalue weighted by molar-refractivity contribution is 0.173. The number of aryl methyl sites for hydroxylation is 1. The van der Waals surface area contributed by atoms with Crippen LogP contribution in [0.2, 0.25) is 0 Å². The lowest BCUT2D eigenvalue weighted by Gasteiger charge is -2.22. The van der Waals surface area contributed by atoms with Crippen molar-refractivity contribution in [3.05, 3.63) is 35.4 Å². The van der Waals surface area contributed by atoms with Gasteiger partial charge in [-0.25, -0.2) is 0 Å². The van der Waals surface area contributed by atoms with Gasteiger partial charge in [-0.2, -0.15) is 0 Å². The first-order valence-corrected chi connectivity index (χ1v) is 5.62. The highest BCUT2D eigenvalue weighted by Gasteiger charge is 2.27. The van der Waals surface area contributed by atoms with Crippen LogP contribution in [0.15, 0.2) is 24.3 Å². The predicted molar refractivity (Wildman–Crippen MR) is 62.4 cm³/mol. The Morgan fingerprint density at radius 2 is 1.69 bits per heavy atom. The molecule has 1 nitrogen and oxygen atoms in total. The van der Waals surface area contributed by atoms with Crippen molar-refractivity contribution in [2.75, 3.05) is 0 Å². The Morgan fingerprint density at radius 3 is 2.08 bits per heavy atom. The zero-order valence-corrected chi connectivity index (χ0v) is 10.8. The minimum Gasteiger partial charge on any atom is -0.386 e. The Kier molecular flexibility index (Phi) is 3.55. The van der Waals surface area contributed by atoms with Crippen LogP contribution in [0.25, 0.3) is 0 Å². The summed E-state index contributed by atoms with van der Waals surface area (Å²) in [6.45, 7) is 3.90. The van der Waals surface area contributed by atoms with Crippen LogP contribution < -0.4 is 0 Å².